The van der Waals surface area contributed by atoms with E-state index >= 15 is 0 Å². The fraction of sp³-hybridized carbons (Fsp3) is 0.750. The molecule has 0 aromatic carbocycles. The molecule has 11 rings (SSSR count). The van der Waals surface area contributed by atoms with Crippen LogP contribution in [0, 0.1) is 107 Å². The second kappa shape index (κ2) is 8.23. The highest BCUT2D eigenvalue weighted by Crippen LogP contribution is 2.74. The Kier molecular flexibility index (Phi) is 4.83. The molecule has 0 N–H and O–H groups in total. The maximum Gasteiger partial charge on any atom is 0.317 e. The Morgan fingerprint density at radius 2 is 0.705 bits per heavy atom. The molecule has 4 aliphatic heterocycles. The van der Waals surface area contributed by atoms with Gasteiger partial charge in [-0.15, -0.1) is 0 Å². The predicted octanol–water partition coefficient (Wildman–Crippen LogP) is 0.834. The van der Waals surface area contributed by atoms with Crippen molar-refractivity contribution in [2.24, 2.45) is 107 Å². The van der Waals surface area contributed by atoms with Gasteiger partial charge < -0.3 is 18.9 Å². The number of cyclic esters (lactones) is 8. The number of hydrogen-bond donors (Lipinski definition) is 0. The first-order chi connectivity index (χ1) is 21.1. The van der Waals surface area contributed by atoms with Crippen LogP contribution in [0.2, 0.25) is 0 Å². The third-order valence-corrected chi connectivity index (χ3v) is 14.5. The van der Waals surface area contributed by atoms with E-state index in [-0.39, 0.29) is 113 Å². The first kappa shape index (κ1) is 25.8. The van der Waals surface area contributed by atoms with Crippen LogP contribution in [0.1, 0.15) is 38.5 Å². The summed E-state index contributed by atoms with van der Waals surface area (Å²) in [6, 6.07) is 0. The Balaban J connectivity index is 0.000000117. The van der Waals surface area contributed by atoms with Gasteiger partial charge in [-0.1, -0.05) is 0 Å². The van der Waals surface area contributed by atoms with E-state index in [1.165, 1.54) is 0 Å². The lowest BCUT2D eigenvalue weighted by Crippen LogP contribution is -2.49. The second-order valence-electron chi connectivity index (χ2n) is 15.4. The zero-order valence-corrected chi connectivity index (χ0v) is 23.5. The molecule has 18 unspecified atom stereocenters. The summed E-state index contributed by atoms with van der Waals surface area (Å²) in [5.41, 5.74) is 0. The molecular formula is C32H30O12. The highest BCUT2D eigenvalue weighted by Gasteiger charge is 2.76. The van der Waals surface area contributed by atoms with Crippen LogP contribution < -0.4 is 0 Å². The van der Waals surface area contributed by atoms with Gasteiger partial charge in [0.05, 0.1) is 35.5 Å². The van der Waals surface area contributed by atoms with Crippen LogP contribution in [-0.2, 0) is 57.3 Å². The van der Waals surface area contributed by atoms with Crippen molar-refractivity contribution in [2.45, 2.75) is 38.5 Å². The largest absolute Gasteiger partial charge is 0.393 e. The molecule has 7 aliphatic carbocycles. The van der Waals surface area contributed by atoms with E-state index in [0.717, 1.165) is 19.3 Å². The first-order valence-electron chi connectivity index (χ1n) is 16.1. The number of esters is 8. The molecule has 18 atom stereocenters. The first-order valence-corrected chi connectivity index (χ1v) is 16.1. The van der Waals surface area contributed by atoms with Gasteiger partial charge in [-0.25, -0.2) is 0 Å². The van der Waals surface area contributed by atoms with Crippen LogP contribution in [0.4, 0.5) is 0 Å². The molecule has 4 heterocycles. The molecule has 12 heteroatoms. The highest BCUT2D eigenvalue weighted by atomic mass is 16.6. The van der Waals surface area contributed by atoms with Gasteiger partial charge in [0.1, 0.15) is 0 Å². The minimum absolute atomic E-state index is 0.00717. The van der Waals surface area contributed by atoms with Crippen LogP contribution in [0.3, 0.4) is 0 Å². The van der Waals surface area contributed by atoms with Crippen molar-refractivity contribution in [1.82, 2.24) is 0 Å². The molecule has 0 aromatic rings. The Labute approximate surface area is 250 Å². The summed E-state index contributed by atoms with van der Waals surface area (Å²) < 4.78 is 19.5. The van der Waals surface area contributed by atoms with E-state index in [9.17, 15) is 38.4 Å². The maximum absolute atomic E-state index is 12.2. The Bertz CT molecular complexity index is 1530. The van der Waals surface area contributed by atoms with Crippen molar-refractivity contribution in [1.29, 1.82) is 0 Å². The van der Waals surface area contributed by atoms with Gasteiger partial charge >= 0.3 is 47.8 Å². The van der Waals surface area contributed by atoms with E-state index in [0.29, 0.717) is 30.6 Å². The monoisotopic (exact) mass is 606 g/mol. The molecule has 0 radical (unpaired) electrons. The second-order valence-corrected chi connectivity index (χ2v) is 15.4. The SMILES string of the molecule is O=C1CC2C3CC(C2C(=O)O1)C1C2CC(C(=O)OC2=O)C31.O=C1CC2C3CC(C2C(=O)O1)C1C2CC(C4C(=O)OC(=O)C24)C31. The zero-order valence-electron chi connectivity index (χ0n) is 23.5. The van der Waals surface area contributed by atoms with E-state index in [1.807, 2.05) is 0 Å². The van der Waals surface area contributed by atoms with Gasteiger partial charge in [-0.2, -0.15) is 0 Å². The summed E-state index contributed by atoms with van der Waals surface area (Å²) in [4.78, 5) is 95.6. The number of hydrogen-bond acceptors (Lipinski definition) is 12. The average molecular weight is 607 g/mol. The number of fused-ring (bicyclic) bond motifs is 27. The van der Waals surface area contributed by atoms with Crippen LogP contribution in [0.5, 0.6) is 0 Å². The summed E-state index contributed by atoms with van der Waals surface area (Å²) in [6.07, 6.45) is 3.84. The normalized spacial score (nSPS) is 55.8. The fourth-order valence-electron chi connectivity index (χ4n) is 13.8. The van der Waals surface area contributed by atoms with Crippen molar-refractivity contribution < 1.29 is 57.3 Å². The summed E-state index contributed by atoms with van der Waals surface area (Å²) in [5, 5.41) is 0. The molecule has 0 amide bonds. The van der Waals surface area contributed by atoms with Gasteiger partial charge in [0.15, 0.2) is 0 Å². The molecule has 7 saturated carbocycles. The van der Waals surface area contributed by atoms with Gasteiger partial charge in [0.25, 0.3) is 0 Å². The number of carbonyl (C=O) groups excluding carboxylic acids is 8. The molecule has 11 aliphatic rings. The van der Waals surface area contributed by atoms with Gasteiger partial charge in [-0.05, 0) is 96.7 Å². The van der Waals surface area contributed by atoms with Gasteiger partial charge in [-0.3, -0.25) is 38.4 Å². The molecule has 44 heavy (non-hydrogen) atoms. The molecule has 4 saturated heterocycles. The topological polar surface area (TPSA) is 173 Å². The van der Waals surface area contributed by atoms with Gasteiger partial charge in [0.2, 0.25) is 0 Å². The van der Waals surface area contributed by atoms with E-state index in [4.69, 9.17) is 18.9 Å². The molecule has 8 bridgehead atoms. The van der Waals surface area contributed by atoms with E-state index in [1.54, 1.807) is 0 Å². The summed E-state index contributed by atoms with van der Waals surface area (Å²) in [6.45, 7) is 0. The van der Waals surface area contributed by atoms with Crippen molar-refractivity contribution in [3.05, 3.63) is 0 Å². The predicted molar refractivity (Wildman–Crippen MR) is 135 cm³/mol. The van der Waals surface area contributed by atoms with Crippen molar-refractivity contribution in [2.75, 3.05) is 0 Å². The maximum atomic E-state index is 12.2. The molecular weight excluding hydrogens is 576 g/mol. The average Bonchev–Trinajstić information content (AvgIpc) is 3.79. The van der Waals surface area contributed by atoms with Gasteiger partial charge in [0, 0.05) is 12.8 Å². The summed E-state index contributed by atoms with van der Waals surface area (Å²) >= 11 is 0. The minimum atomic E-state index is -0.454. The van der Waals surface area contributed by atoms with Crippen LogP contribution in [0.25, 0.3) is 0 Å². The Hall–Kier alpha value is -3.44. The van der Waals surface area contributed by atoms with Crippen LogP contribution in [-0.4, -0.2) is 47.8 Å². The minimum Gasteiger partial charge on any atom is -0.393 e. The van der Waals surface area contributed by atoms with Crippen LogP contribution in [0.15, 0.2) is 0 Å². The van der Waals surface area contributed by atoms with Crippen molar-refractivity contribution in [3.8, 4) is 0 Å². The Morgan fingerprint density at radius 3 is 1.25 bits per heavy atom. The number of ether oxygens (including phenoxy) is 4. The summed E-state index contributed by atoms with van der Waals surface area (Å²) in [7, 11) is 0. The van der Waals surface area contributed by atoms with Crippen molar-refractivity contribution >= 4 is 47.8 Å². The lowest BCUT2D eigenvalue weighted by Gasteiger charge is -2.45. The smallest absolute Gasteiger partial charge is 0.317 e. The lowest BCUT2D eigenvalue weighted by atomic mass is 9.58. The quantitative estimate of drug-likeness (QED) is 0.165. The number of carbonyl (C=O) groups is 8. The standard InChI is InChI=1S/C17H16O6.C15H14O6/c18-9-3-5-4-1-6(12(5)15(19)22-9)11-8-2-7(10(4)11)13-14(8)17(21)23-16(13)20;16-9-3-5-4-1-6(12(5)15(19)20-9)11-8-2-7(10(4)11)13(17)21-14(8)18/h4-8,10-14H,1-3H2;4-8,10-12H,1-3H2. The highest BCUT2D eigenvalue weighted by molar-refractivity contribution is 5.98. The fourth-order valence-corrected chi connectivity index (χ4v) is 13.8. The molecule has 0 spiro atoms. The molecule has 230 valence electrons. The summed E-state index contributed by atoms with van der Waals surface area (Å²) in [5.74, 6) is -2.52. The third kappa shape index (κ3) is 2.92. The molecule has 0 aromatic heterocycles. The molecule has 11 fully saturated rings. The number of rotatable bonds is 0. The zero-order chi connectivity index (χ0) is 30.1. The third-order valence-electron chi connectivity index (χ3n) is 14.5. The van der Waals surface area contributed by atoms with E-state index < -0.39 is 29.8 Å². The van der Waals surface area contributed by atoms with Crippen molar-refractivity contribution in [3.63, 3.8) is 0 Å². The van der Waals surface area contributed by atoms with E-state index in [2.05, 4.69) is 0 Å². The van der Waals surface area contributed by atoms with Crippen LogP contribution >= 0.6 is 0 Å². The molecule has 12 nitrogen and oxygen atoms in total. The lowest BCUT2D eigenvalue weighted by molar-refractivity contribution is -0.177. The Morgan fingerprint density at radius 1 is 0.341 bits per heavy atom.